The van der Waals surface area contributed by atoms with Gasteiger partial charge in [-0.05, 0) is 36.2 Å². The summed E-state index contributed by atoms with van der Waals surface area (Å²) in [5.41, 5.74) is 3.04. The lowest BCUT2D eigenvalue weighted by molar-refractivity contribution is -0.134. The highest BCUT2D eigenvalue weighted by molar-refractivity contribution is 6.04. The number of benzene rings is 2. The van der Waals surface area contributed by atoms with Crippen molar-refractivity contribution in [2.45, 2.75) is 19.4 Å². The fourth-order valence-corrected chi connectivity index (χ4v) is 3.57. The normalized spacial score (nSPS) is 14.4. The molecule has 0 aliphatic carbocycles. The van der Waals surface area contributed by atoms with Crippen LogP contribution in [0.2, 0.25) is 0 Å². The van der Waals surface area contributed by atoms with Crippen molar-refractivity contribution in [2.24, 2.45) is 0 Å². The van der Waals surface area contributed by atoms with E-state index in [1.807, 2.05) is 54.3 Å². The first-order valence-corrected chi connectivity index (χ1v) is 11.0. The number of anilines is 1. The van der Waals surface area contributed by atoms with E-state index >= 15 is 0 Å². The fraction of sp³-hybridized carbons (Fsp3) is 0.269. The van der Waals surface area contributed by atoms with Gasteiger partial charge in [-0.25, -0.2) is 4.98 Å². The first-order chi connectivity index (χ1) is 16.1. The molecule has 1 fully saturated rings. The van der Waals surface area contributed by atoms with Crippen LogP contribution in [0.3, 0.4) is 0 Å². The first-order valence-electron chi connectivity index (χ1n) is 11.0. The number of morpholine rings is 1. The van der Waals surface area contributed by atoms with Crippen LogP contribution >= 0.6 is 0 Å². The second-order valence-electron chi connectivity index (χ2n) is 7.88. The second kappa shape index (κ2) is 10.7. The fourth-order valence-electron chi connectivity index (χ4n) is 3.57. The molecular weight excluding hydrogens is 418 g/mol. The molecule has 1 aliphatic rings. The Labute approximate surface area is 193 Å². The lowest BCUT2D eigenvalue weighted by Gasteiger charge is -2.26. The van der Waals surface area contributed by atoms with E-state index < -0.39 is 0 Å². The van der Waals surface area contributed by atoms with Crippen LogP contribution in [-0.2, 0) is 16.0 Å². The topological polar surface area (TPSA) is 80.8 Å². The van der Waals surface area contributed by atoms with Gasteiger partial charge in [-0.1, -0.05) is 42.5 Å². The number of pyridine rings is 1. The van der Waals surface area contributed by atoms with Gasteiger partial charge in [0.1, 0.15) is 6.10 Å². The van der Waals surface area contributed by atoms with E-state index in [4.69, 9.17) is 9.47 Å². The Morgan fingerprint density at radius 3 is 2.42 bits per heavy atom. The summed E-state index contributed by atoms with van der Waals surface area (Å²) >= 11 is 0. The smallest absolute Gasteiger partial charge is 0.257 e. The number of amides is 2. The molecule has 0 unspecified atom stereocenters. The molecule has 0 saturated carbocycles. The average molecular weight is 446 g/mol. The van der Waals surface area contributed by atoms with Gasteiger partial charge in [-0.15, -0.1) is 0 Å². The zero-order valence-corrected chi connectivity index (χ0v) is 18.6. The largest absolute Gasteiger partial charge is 0.470 e. The number of carbonyl (C=O) groups excluding carboxylic acids is 2. The molecule has 1 saturated heterocycles. The van der Waals surface area contributed by atoms with Crippen LogP contribution in [0.15, 0.2) is 72.9 Å². The van der Waals surface area contributed by atoms with Gasteiger partial charge in [0, 0.05) is 31.0 Å². The summed E-state index contributed by atoms with van der Waals surface area (Å²) < 4.78 is 11.1. The van der Waals surface area contributed by atoms with Gasteiger partial charge >= 0.3 is 0 Å². The third-order valence-corrected chi connectivity index (χ3v) is 5.50. The number of ether oxygens (including phenoxy) is 2. The lowest BCUT2D eigenvalue weighted by Crippen LogP contribution is -2.41. The molecular formula is C26H27N3O4. The molecule has 4 rings (SSSR count). The Bertz CT molecular complexity index is 1060. The predicted molar refractivity (Wildman–Crippen MR) is 125 cm³/mol. The number of nitrogens with one attached hydrogen (secondary N) is 1. The number of hydrogen-bond acceptors (Lipinski definition) is 5. The summed E-state index contributed by atoms with van der Waals surface area (Å²) in [5.74, 6) is 0.282. The summed E-state index contributed by atoms with van der Waals surface area (Å²) in [6.07, 6.45) is 1.69. The predicted octanol–water partition coefficient (Wildman–Crippen LogP) is 3.88. The van der Waals surface area contributed by atoms with Crippen LogP contribution in [0.5, 0.6) is 5.88 Å². The van der Waals surface area contributed by atoms with Gasteiger partial charge in [-0.2, -0.15) is 0 Å². The van der Waals surface area contributed by atoms with E-state index in [9.17, 15) is 9.59 Å². The molecule has 7 nitrogen and oxygen atoms in total. The molecule has 0 radical (unpaired) electrons. The number of hydrogen-bond donors (Lipinski definition) is 1. The minimum Gasteiger partial charge on any atom is -0.470 e. The molecule has 170 valence electrons. The molecule has 2 aromatic carbocycles. The molecule has 1 aromatic heterocycles. The Balaban J connectivity index is 1.30. The van der Waals surface area contributed by atoms with Crippen molar-refractivity contribution >= 4 is 17.5 Å². The standard InChI is InChI=1S/C26H27N3O4/c1-19(21-5-3-2-4-6-21)33-24-12-9-22(18-27-24)26(31)28-23-10-7-20(8-11-23)17-25(30)29-13-15-32-16-14-29/h2-12,18-19H,13-17H2,1H3,(H,28,31)/t19-/m1/s1. The molecule has 2 amide bonds. The number of nitrogens with zero attached hydrogens (tertiary/aromatic N) is 2. The van der Waals surface area contributed by atoms with Crippen molar-refractivity contribution in [3.63, 3.8) is 0 Å². The maximum absolute atomic E-state index is 12.6. The van der Waals surface area contributed by atoms with Gasteiger partial charge in [0.05, 0.1) is 25.2 Å². The monoisotopic (exact) mass is 445 g/mol. The molecule has 1 atom stereocenters. The van der Waals surface area contributed by atoms with Crippen molar-refractivity contribution in [2.75, 3.05) is 31.6 Å². The zero-order valence-electron chi connectivity index (χ0n) is 18.6. The molecule has 0 spiro atoms. The molecule has 0 bridgehead atoms. The minimum absolute atomic E-state index is 0.0880. The maximum atomic E-state index is 12.6. The van der Waals surface area contributed by atoms with Gasteiger partial charge < -0.3 is 19.7 Å². The third-order valence-electron chi connectivity index (χ3n) is 5.50. The van der Waals surface area contributed by atoms with Crippen LogP contribution in [0, 0.1) is 0 Å². The van der Waals surface area contributed by atoms with Crippen LogP contribution in [0.1, 0.15) is 34.5 Å². The lowest BCUT2D eigenvalue weighted by atomic mass is 10.1. The van der Waals surface area contributed by atoms with Crippen LogP contribution in [-0.4, -0.2) is 48.0 Å². The second-order valence-corrected chi connectivity index (χ2v) is 7.88. The third kappa shape index (κ3) is 6.17. The van der Waals surface area contributed by atoms with E-state index in [0.717, 1.165) is 11.1 Å². The quantitative estimate of drug-likeness (QED) is 0.597. The Hall–Kier alpha value is -3.71. The molecule has 1 aliphatic heterocycles. The zero-order chi connectivity index (χ0) is 23.0. The van der Waals surface area contributed by atoms with Gasteiger partial charge in [0.15, 0.2) is 0 Å². The highest BCUT2D eigenvalue weighted by atomic mass is 16.5. The van der Waals surface area contributed by atoms with Gasteiger partial charge in [0.25, 0.3) is 5.91 Å². The number of rotatable bonds is 7. The van der Waals surface area contributed by atoms with E-state index in [1.165, 1.54) is 6.20 Å². The van der Waals surface area contributed by atoms with Crippen molar-refractivity contribution < 1.29 is 19.1 Å². The van der Waals surface area contributed by atoms with Crippen molar-refractivity contribution in [3.05, 3.63) is 89.6 Å². The highest BCUT2D eigenvalue weighted by Crippen LogP contribution is 2.20. The van der Waals surface area contributed by atoms with E-state index in [0.29, 0.717) is 49.9 Å². The summed E-state index contributed by atoms with van der Waals surface area (Å²) in [5, 5.41) is 2.86. The van der Waals surface area contributed by atoms with E-state index in [2.05, 4.69) is 10.3 Å². The number of aromatic nitrogens is 1. The van der Waals surface area contributed by atoms with Crippen molar-refractivity contribution in [1.29, 1.82) is 0 Å². The van der Waals surface area contributed by atoms with Gasteiger partial charge in [0.2, 0.25) is 11.8 Å². The van der Waals surface area contributed by atoms with E-state index in [1.54, 1.807) is 24.3 Å². The highest BCUT2D eigenvalue weighted by Gasteiger charge is 2.17. The number of carbonyl (C=O) groups is 2. The SMILES string of the molecule is C[C@@H](Oc1ccc(C(=O)Nc2ccc(CC(=O)N3CCOCC3)cc2)cn1)c1ccccc1. The summed E-state index contributed by atoms with van der Waals surface area (Å²) in [7, 11) is 0. The Morgan fingerprint density at radius 1 is 1.03 bits per heavy atom. The molecule has 7 heteroatoms. The first kappa shape index (κ1) is 22.5. The molecule has 33 heavy (non-hydrogen) atoms. The molecule has 3 aromatic rings. The Kier molecular flexibility index (Phi) is 7.32. The van der Waals surface area contributed by atoms with Gasteiger partial charge in [-0.3, -0.25) is 9.59 Å². The van der Waals surface area contributed by atoms with E-state index in [-0.39, 0.29) is 17.9 Å². The van der Waals surface area contributed by atoms with Crippen molar-refractivity contribution in [1.82, 2.24) is 9.88 Å². The maximum Gasteiger partial charge on any atom is 0.257 e. The van der Waals surface area contributed by atoms with Crippen LogP contribution < -0.4 is 10.1 Å². The van der Waals surface area contributed by atoms with Crippen molar-refractivity contribution in [3.8, 4) is 5.88 Å². The minimum atomic E-state index is -0.262. The Morgan fingerprint density at radius 2 is 1.76 bits per heavy atom. The van der Waals surface area contributed by atoms with Crippen LogP contribution in [0.25, 0.3) is 0 Å². The summed E-state index contributed by atoms with van der Waals surface area (Å²) in [6.45, 7) is 4.40. The molecule has 2 heterocycles. The molecule has 1 N–H and O–H groups in total. The average Bonchev–Trinajstić information content (AvgIpc) is 2.86. The summed E-state index contributed by atoms with van der Waals surface area (Å²) in [6, 6.07) is 20.6. The van der Waals surface area contributed by atoms with Crippen LogP contribution in [0.4, 0.5) is 5.69 Å². The summed E-state index contributed by atoms with van der Waals surface area (Å²) in [4.78, 5) is 31.0.